The zero-order chi connectivity index (χ0) is 15.4. The van der Waals surface area contributed by atoms with E-state index in [9.17, 15) is 22.0 Å². The van der Waals surface area contributed by atoms with E-state index in [1.54, 1.807) is 20.8 Å². The van der Waals surface area contributed by atoms with Crippen LogP contribution in [0.3, 0.4) is 0 Å². The Morgan fingerprint density at radius 1 is 0.667 bits per heavy atom. The van der Waals surface area contributed by atoms with E-state index >= 15 is 0 Å². The van der Waals surface area contributed by atoms with E-state index in [1.165, 1.54) is 19.1 Å². The summed E-state index contributed by atoms with van der Waals surface area (Å²) in [6.07, 6.45) is 1.93. The topological polar surface area (TPSA) is 90.0 Å². The van der Waals surface area contributed by atoms with Gasteiger partial charge in [-0.2, -0.15) is 0 Å². The predicted molar refractivity (Wildman–Crippen MR) is 102 cm³/mol. The molecule has 0 aliphatic heterocycles. The fraction of sp³-hybridized carbons (Fsp3) is 0.750. The molecule has 176 valence electrons. The molecule has 0 aromatic heterocycles. The van der Waals surface area contributed by atoms with Crippen molar-refractivity contribution in [1.29, 1.82) is 0 Å². The largest absolute Gasteiger partial charge is 1.00 e. The molecule has 30 heavy (non-hydrogen) atoms. The first-order chi connectivity index (χ1) is 8.37. The second-order valence-corrected chi connectivity index (χ2v) is 2.99. The van der Waals surface area contributed by atoms with E-state index < -0.39 is 12.1 Å². The van der Waals surface area contributed by atoms with Gasteiger partial charge >= 0.3 is 118 Å². The Morgan fingerprint density at radius 3 is 0.767 bits per heavy atom. The van der Waals surface area contributed by atoms with Crippen LogP contribution in [0, 0.1) is 0 Å². The van der Waals surface area contributed by atoms with E-state index in [0.717, 1.165) is 0 Å². The Balaban J connectivity index is -0.00000000551. The summed E-state index contributed by atoms with van der Waals surface area (Å²) in [4.78, 5) is 0. The van der Waals surface area contributed by atoms with Crippen LogP contribution in [-0.4, -0.2) is 28.5 Å². The maximum absolute atomic E-state index is 11.2. The average Bonchev–Trinajstić information content (AvgIpc) is 2.39. The minimum atomic E-state index is -2.12. The van der Waals surface area contributed by atoms with Crippen molar-refractivity contribution >= 4 is 11.6 Å². The van der Waals surface area contributed by atoms with Crippen LogP contribution >= 0.6 is 11.6 Å². The van der Waals surface area contributed by atoms with Crippen molar-refractivity contribution in [3.63, 3.8) is 0 Å². The van der Waals surface area contributed by atoms with E-state index in [2.05, 4.69) is 0 Å². The molecule has 3 N–H and O–H groups in total. The molecule has 0 aliphatic carbocycles. The Hall–Kier alpha value is 3.23. The first-order valence-electron chi connectivity index (χ1n) is 5.36. The average molecular weight is 523 g/mol. The van der Waals surface area contributed by atoms with Gasteiger partial charge in [-0.25, -0.2) is 22.0 Å². The third-order valence-corrected chi connectivity index (χ3v) is 1.18. The van der Waals surface area contributed by atoms with E-state index in [1.807, 2.05) is 0 Å². The van der Waals surface area contributed by atoms with Gasteiger partial charge < -0.3 is 21.1 Å². The maximum atomic E-state index is 11.2. The molecule has 1 unspecified atom stereocenters. The van der Waals surface area contributed by atoms with Crippen LogP contribution in [0.4, 0.5) is 22.0 Å². The summed E-state index contributed by atoms with van der Waals surface area (Å²) in [5.74, 6) is 0. The molecule has 0 bridgehead atoms. The molecule has 0 aliphatic rings. The fourth-order valence-electron chi connectivity index (χ4n) is 0. The van der Waals surface area contributed by atoms with Gasteiger partial charge in [-0.15, -0.1) is 0 Å². The monoisotopic (exact) mass is 522 g/mol. The van der Waals surface area contributed by atoms with Gasteiger partial charge in [0.05, 0.1) is 12.7 Å². The summed E-state index contributed by atoms with van der Waals surface area (Å²) < 4.78 is 53.8. The summed E-state index contributed by atoms with van der Waals surface area (Å²) in [6.45, 7) is 6.39. The van der Waals surface area contributed by atoms with Gasteiger partial charge in [-0.05, 0) is 20.3 Å². The molecule has 14 heteroatoms. The number of hydrogen-bond acceptors (Lipinski definition) is 3. The quantitative estimate of drug-likeness (QED) is 0.205. The summed E-state index contributed by atoms with van der Waals surface area (Å²) in [5.41, 5.74) is -1.14. The zero-order valence-corrected chi connectivity index (χ0v) is 25.6. The maximum Gasteiger partial charge on any atom is 1.00 e. The predicted octanol–water partition coefficient (Wildman–Crippen LogP) is -6.39. The van der Waals surface area contributed by atoms with Crippen LogP contribution in [0.2, 0.25) is 0 Å². The van der Waals surface area contributed by atoms with Gasteiger partial charge in [0.1, 0.15) is 0 Å². The summed E-state index contributed by atoms with van der Waals surface area (Å²) in [6, 6.07) is 0. The normalized spacial score (nSPS) is 6.63. The Kier molecular flexibility index (Phi) is 525. The molecule has 1 atom stereocenters. The van der Waals surface area contributed by atoms with Crippen LogP contribution in [0.25, 0.3) is 0 Å². The van der Waals surface area contributed by atoms with Gasteiger partial charge in [-0.3, -0.25) is 0 Å². The standard InChI is InChI=1S/C3H6ClF.C3H6F2.2C3H5F.4CH4.FH.4Na.3H2O/c2*1-2-3(4)5;2*1-2-3-4;;;;;;;;;;;;/h2*3H,2H2,1H3;2*2-3H,1H3;4*1H4;1H;;;;;3*1H2/q;;;;;;;;;4*+1;;;/p-4/b;;2*3-2+;;;;;;;;;;;;. The van der Waals surface area contributed by atoms with Gasteiger partial charge in [-0.1, -0.05) is 67.3 Å². The van der Waals surface area contributed by atoms with Crippen molar-refractivity contribution in [2.45, 2.75) is 82.3 Å². The number of allylic oxidation sites excluding steroid dienone is 2. The second-order valence-electron chi connectivity index (χ2n) is 2.52. The first-order valence-corrected chi connectivity index (χ1v) is 5.80. The van der Waals surface area contributed by atoms with Crippen molar-refractivity contribution in [2.75, 3.05) is 0 Å². The molecular weight excluding hydrogens is 482 g/mol. The summed E-state index contributed by atoms with van der Waals surface area (Å²) in [7, 11) is 0. The van der Waals surface area contributed by atoms with Crippen LogP contribution in [0.15, 0.2) is 24.8 Å². The molecule has 0 amide bonds. The van der Waals surface area contributed by atoms with Crippen molar-refractivity contribution in [2.24, 2.45) is 0 Å². The SMILES string of the molecule is C.C.C.C.C/C=C/F.C/C=C/F.CCC(F)Cl.CCC(F)F.[F-].[Na+].[Na+].[Na+].[Na+].[OH-].[OH-].[OH-]. The first kappa shape index (κ1) is 116. The number of halogens is 7. The minimum absolute atomic E-state index is 0. The molecular formula is C16H41ClF6Na4O3. The van der Waals surface area contributed by atoms with Gasteiger partial charge in [0.15, 0.2) is 5.63 Å². The molecule has 3 nitrogen and oxygen atoms in total. The molecule has 0 spiro atoms. The van der Waals surface area contributed by atoms with E-state index in [0.29, 0.717) is 19.1 Å². The fourth-order valence-corrected chi connectivity index (χ4v) is 0. The minimum Gasteiger partial charge on any atom is -1.00 e. The second kappa shape index (κ2) is 136. The van der Waals surface area contributed by atoms with Crippen LogP contribution in [0.5, 0.6) is 0 Å². The van der Waals surface area contributed by atoms with Crippen molar-refractivity contribution in [1.82, 2.24) is 0 Å². The van der Waals surface area contributed by atoms with Crippen LogP contribution in [-0.2, 0) is 0 Å². The molecule has 0 aromatic rings. The van der Waals surface area contributed by atoms with Crippen molar-refractivity contribution < 1.29 is 161 Å². The Morgan fingerprint density at radius 2 is 0.767 bits per heavy atom. The van der Waals surface area contributed by atoms with Crippen molar-refractivity contribution in [3.05, 3.63) is 24.8 Å². The molecule has 0 rings (SSSR count). The molecule has 0 fully saturated rings. The Labute approximate surface area is 276 Å². The molecule has 0 aromatic carbocycles. The van der Waals surface area contributed by atoms with E-state index in [4.69, 9.17) is 11.6 Å². The number of hydrogen-bond donors (Lipinski definition) is 0. The van der Waals surface area contributed by atoms with Crippen LogP contribution < -0.4 is 123 Å². The zero-order valence-electron chi connectivity index (χ0n) is 16.9. The van der Waals surface area contributed by atoms with Crippen LogP contribution in [0.1, 0.15) is 70.2 Å². The third kappa shape index (κ3) is 335. The number of rotatable bonds is 2. The van der Waals surface area contributed by atoms with Crippen molar-refractivity contribution in [3.8, 4) is 0 Å². The summed E-state index contributed by atoms with van der Waals surface area (Å²) >= 11 is 4.80. The van der Waals surface area contributed by atoms with Gasteiger partial charge in [0.2, 0.25) is 6.43 Å². The number of alkyl halides is 4. The molecule has 0 radical (unpaired) electrons. The van der Waals surface area contributed by atoms with E-state index in [-0.39, 0.29) is 175 Å². The molecule has 0 heterocycles. The van der Waals surface area contributed by atoms with Gasteiger partial charge in [0.25, 0.3) is 0 Å². The summed E-state index contributed by atoms with van der Waals surface area (Å²) in [5, 5.41) is 0. The smallest absolute Gasteiger partial charge is 1.00 e. The van der Waals surface area contributed by atoms with Gasteiger partial charge in [0, 0.05) is 6.42 Å². The molecule has 0 saturated heterocycles. The molecule has 0 saturated carbocycles. The third-order valence-electron chi connectivity index (χ3n) is 0.869. The Bertz CT molecular complexity index is 167.